The van der Waals surface area contributed by atoms with Crippen molar-refractivity contribution in [2.45, 2.75) is 49.5 Å². The number of esters is 1. The lowest BCUT2D eigenvalue weighted by molar-refractivity contribution is -0.139. The molecule has 0 saturated heterocycles. The summed E-state index contributed by atoms with van der Waals surface area (Å²) >= 11 is 6.33. The lowest BCUT2D eigenvalue weighted by atomic mass is 9.96. The third-order valence-corrected chi connectivity index (χ3v) is 8.10. The molecule has 0 bridgehead atoms. The van der Waals surface area contributed by atoms with Crippen molar-refractivity contribution >= 4 is 38.5 Å². The molecular formula is C24H27ClN2O5S. The molecule has 33 heavy (non-hydrogen) atoms. The Morgan fingerprint density at radius 1 is 1.12 bits per heavy atom. The number of sulfonamides is 1. The first-order valence-electron chi connectivity index (χ1n) is 10.9. The largest absolute Gasteiger partial charge is 0.497 e. The van der Waals surface area contributed by atoms with Gasteiger partial charge in [-0.1, -0.05) is 36.9 Å². The van der Waals surface area contributed by atoms with Crippen molar-refractivity contribution in [1.29, 1.82) is 0 Å². The molecule has 176 valence electrons. The molecule has 0 unspecified atom stereocenters. The molecule has 9 heteroatoms. The molecular weight excluding hydrogens is 464 g/mol. The predicted molar refractivity (Wildman–Crippen MR) is 128 cm³/mol. The van der Waals surface area contributed by atoms with Gasteiger partial charge in [0.25, 0.3) is 0 Å². The average molecular weight is 491 g/mol. The summed E-state index contributed by atoms with van der Waals surface area (Å²) in [6.07, 6.45) is 4.81. The van der Waals surface area contributed by atoms with Crippen LogP contribution in [-0.4, -0.2) is 39.6 Å². The predicted octanol–water partition coefficient (Wildman–Crippen LogP) is 4.82. The lowest BCUT2D eigenvalue weighted by Gasteiger charge is -2.23. The molecule has 1 heterocycles. The van der Waals surface area contributed by atoms with Crippen molar-refractivity contribution in [2.24, 2.45) is 0 Å². The number of halogens is 1. The Labute approximate surface area is 198 Å². The Kier molecular flexibility index (Phi) is 6.97. The third kappa shape index (κ3) is 5.03. The Balaban J connectivity index is 1.79. The first kappa shape index (κ1) is 23.6. The number of aromatic nitrogens is 1. The summed E-state index contributed by atoms with van der Waals surface area (Å²) < 4.78 is 39.4. The van der Waals surface area contributed by atoms with E-state index in [-0.39, 0.29) is 22.4 Å². The number of benzene rings is 2. The number of carbonyl (C=O) groups excluding carboxylic acids is 1. The normalized spacial score (nSPS) is 15.0. The number of H-pyrrole nitrogens is 1. The standard InChI is InChI=1S/C24H27ClN2O5S/c1-31-17-9-11-21-18(13-17)19(14-23(28)32-2)24(26-21)15-8-10-20(25)22(12-15)33(29,30)27-16-6-4-3-5-7-16/h8-13,16,26-27H,3-7,14H2,1-2H3. The van der Waals surface area contributed by atoms with Gasteiger partial charge in [0.15, 0.2) is 0 Å². The number of hydrogen-bond acceptors (Lipinski definition) is 5. The van der Waals surface area contributed by atoms with E-state index in [0.717, 1.165) is 43.0 Å². The van der Waals surface area contributed by atoms with Gasteiger partial charge >= 0.3 is 5.97 Å². The number of carbonyl (C=O) groups is 1. The fourth-order valence-electron chi connectivity index (χ4n) is 4.37. The highest BCUT2D eigenvalue weighted by Gasteiger charge is 2.25. The number of nitrogens with one attached hydrogen (secondary N) is 2. The highest BCUT2D eigenvalue weighted by Crippen LogP contribution is 2.36. The smallest absolute Gasteiger partial charge is 0.310 e. The molecule has 1 saturated carbocycles. The summed E-state index contributed by atoms with van der Waals surface area (Å²) in [7, 11) is -0.901. The second-order valence-corrected chi connectivity index (χ2v) is 10.3. The number of rotatable bonds is 7. The average Bonchev–Trinajstić information content (AvgIpc) is 3.16. The van der Waals surface area contributed by atoms with Crippen LogP contribution in [0.2, 0.25) is 5.02 Å². The first-order chi connectivity index (χ1) is 15.8. The van der Waals surface area contributed by atoms with Crippen LogP contribution in [0.25, 0.3) is 22.2 Å². The molecule has 1 aliphatic rings. The van der Waals surface area contributed by atoms with Crippen LogP contribution in [0.4, 0.5) is 0 Å². The van der Waals surface area contributed by atoms with E-state index in [1.807, 2.05) is 18.2 Å². The van der Waals surface area contributed by atoms with E-state index < -0.39 is 16.0 Å². The number of methoxy groups -OCH3 is 2. The van der Waals surface area contributed by atoms with Gasteiger partial charge in [-0.2, -0.15) is 0 Å². The quantitative estimate of drug-likeness (QED) is 0.462. The Hall–Kier alpha value is -2.55. The maximum atomic E-state index is 13.2. The molecule has 7 nitrogen and oxygen atoms in total. The van der Waals surface area contributed by atoms with Gasteiger partial charge in [0, 0.05) is 16.9 Å². The van der Waals surface area contributed by atoms with Gasteiger partial charge in [0.05, 0.1) is 31.4 Å². The maximum Gasteiger partial charge on any atom is 0.310 e. The summed E-state index contributed by atoms with van der Waals surface area (Å²) in [6.45, 7) is 0. The topological polar surface area (TPSA) is 97.5 Å². The van der Waals surface area contributed by atoms with Crippen molar-refractivity contribution in [1.82, 2.24) is 9.71 Å². The van der Waals surface area contributed by atoms with Gasteiger partial charge in [-0.05, 0) is 54.3 Å². The Morgan fingerprint density at radius 3 is 2.58 bits per heavy atom. The summed E-state index contributed by atoms with van der Waals surface area (Å²) in [6, 6.07) is 10.3. The van der Waals surface area contributed by atoms with Crippen LogP contribution in [0.5, 0.6) is 5.75 Å². The molecule has 1 aliphatic carbocycles. The van der Waals surface area contributed by atoms with Crippen molar-refractivity contribution in [3.63, 3.8) is 0 Å². The van der Waals surface area contributed by atoms with Crippen molar-refractivity contribution in [3.05, 3.63) is 47.0 Å². The lowest BCUT2D eigenvalue weighted by Crippen LogP contribution is -2.36. The first-order valence-corrected chi connectivity index (χ1v) is 12.8. The van der Waals surface area contributed by atoms with Gasteiger partial charge in [0.2, 0.25) is 10.0 Å². The molecule has 0 radical (unpaired) electrons. The second-order valence-electron chi connectivity index (χ2n) is 8.24. The zero-order valence-electron chi connectivity index (χ0n) is 18.6. The zero-order chi connectivity index (χ0) is 23.6. The molecule has 2 N–H and O–H groups in total. The number of fused-ring (bicyclic) bond motifs is 1. The molecule has 2 aromatic carbocycles. The van der Waals surface area contributed by atoms with Gasteiger partial charge < -0.3 is 14.5 Å². The molecule has 4 rings (SSSR count). The van der Waals surface area contributed by atoms with E-state index in [2.05, 4.69) is 9.71 Å². The number of ether oxygens (including phenoxy) is 2. The van der Waals surface area contributed by atoms with Crippen LogP contribution in [0.15, 0.2) is 41.3 Å². The summed E-state index contributed by atoms with van der Waals surface area (Å²) in [5.74, 6) is 0.246. The fraction of sp³-hybridized carbons (Fsp3) is 0.375. The molecule has 3 aromatic rings. The number of hydrogen-bond donors (Lipinski definition) is 2. The molecule has 1 aromatic heterocycles. The van der Waals surface area contributed by atoms with Crippen LogP contribution in [0, 0.1) is 0 Å². The van der Waals surface area contributed by atoms with Crippen molar-refractivity contribution < 1.29 is 22.7 Å². The van der Waals surface area contributed by atoms with Crippen LogP contribution < -0.4 is 9.46 Å². The Bertz CT molecular complexity index is 1280. The van der Waals surface area contributed by atoms with Crippen LogP contribution in [-0.2, 0) is 26.0 Å². The molecule has 0 amide bonds. The second kappa shape index (κ2) is 9.75. The zero-order valence-corrected chi connectivity index (χ0v) is 20.2. The van der Waals surface area contributed by atoms with Crippen LogP contribution in [0.3, 0.4) is 0 Å². The fourth-order valence-corrected chi connectivity index (χ4v) is 6.20. The van der Waals surface area contributed by atoms with Crippen LogP contribution >= 0.6 is 11.6 Å². The summed E-state index contributed by atoms with van der Waals surface area (Å²) in [5, 5.41) is 0.948. The van der Waals surface area contributed by atoms with Crippen LogP contribution in [0.1, 0.15) is 37.7 Å². The van der Waals surface area contributed by atoms with E-state index in [1.165, 1.54) is 7.11 Å². The van der Waals surface area contributed by atoms with E-state index >= 15 is 0 Å². The van der Waals surface area contributed by atoms with E-state index in [0.29, 0.717) is 22.6 Å². The van der Waals surface area contributed by atoms with Gasteiger partial charge in [0.1, 0.15) is 10.6 Å². The minimum absolute atomic E-state index is 0.0179. The summed E-state index contributed by atoms with van der Waals surface area (Å²) in [4.78, 5) is 15.5. The van der Waals surface area contributed by atoms with Gasteiger partial charge in [-0.15, -0.1) is 0 Å². The van der Waals surface area contributed by atoms with E-state index in [9.17, 15) is 13.2 Å². The SMILES string of the molecule is COC(=O)Cc1c(-c2ccc(Cl)c(S(=O)(=O)NC3CCCCC3)c2)[nH]c2ccc(OC)cc12. The highest BCUT2D eigenvalue weighted by molar-refractivity contribution is 7.89. The minimum atomic E-state index is -3.81. The van der Waals surface area contributed by atoms with E-state index in [1.54, 1.807) is 25.3 Å². The van der Waals surface area contributed by atoms with Crippen molar-refractivity contribution in [3.8, 4) is 17.0 Å². The molecule has 0 aliphatic heterocycles. The van der Waals surface area contributed by atoms with Gasteiger partial charge in [-0.25, -0.2) is 13.1 Å². The minimum Gasteiger partial charge on any atom is -0.497 e. The van der Waals surface area contributed by atoms with Crippen molar-refractivity contribution in [2.75, 3.05) is 14.2 Å². The molecule has 0 spiro atoms. The number of aromatic amines is 1. The maximum absolute atomic E-state index is 13.2. The van der Waals surface area contributed by atoms with Gasteiger partial charge in [-0.3, -0.25) is 4.79 Å². The molecule has 1 fully saturated rings. The molecule has 0 atom stereocenters. The Morgan fingerprint density at radius 2 is 1.88 bits per heavy atom. The van der Waals surface area contributed by atoms with E-state index in [4.69, 9.17) is 21.1 Å². The summed E-state index contributed by atoms with van der Waals surface area (Å²) in [5.41, 5.74) is 2.73. The third-order valence-electron chi connectivity index (χ3n) is 6.10. The highest BCUT2D eigenvalue weighted by atomic mass is 35.5. The monoisotopic (exact) mass is 490 g/mol.